The van der Waals surface area contributed by atoms with Crippen LogP contribution in [-0.4, -0.2) is 36.0 Å². The number of rotatable bonds is 3. The Kier molecular flexibility index (Phi) is 4.64. The standard InChI is InChI=1S/C18H20N2O4/c1-24-17(22)13-9-7-12(8-10-13)11-15-16(21)20(18(23)19-15)14-5-3-2-4-6-14/h7-11,14H,2-6H2,1H3,(H,19,23)/b15-11-. The average molecular weight is 328 g/mol. The van der Waals surface area contributed by atoms with Crippen LogP contribution in [0.25, 0.3) is 6.08 Å². The van der Waals surface area contributed by atoms with Crippen molar-refractivity contribution < 1.29 is 19.1 Å². The zero-order valence-electron chi connectivity index (χ0n) is 13.6. The number of carbonyl (C=O) groups excluding carboxylic acids is 3. The van der Waals surface area contributed by atoms with Crippen molar-refractivity contribution in [1.82, 2.24) is 10.2 Å². The minimum Gasteiger partial charge on any atom is -0.465 e. The fourth-order valence-electron chi connectivity index (χ4n) is 3.22. The Balaban J connectivity index is 1.77. The Morgan fingerprint density at radius 3 is 2.46 bits per heavy atom. The van der Waals surface area contributed by atoms with E-state index in [-0.39, 0.29) is 23.7 Å². The molecule has 1 saturated carbocycles. The van der Waals surface area contributed by atoms with Crippen molar-refractivity contribution in [2.24, 2.45) is 0 Å². The van der Waals surface area contributed by atoms with Crippen LogP contribution in [0.15, 0.2) is 30.0 Å². The largest absolute Gasteiger partial charge is 0.465 e. The summed E-state index contributed by atoms with van der Waals surface area (Å²) in [6.45, 7) is 0. The molecule has 1 saturated heterocycles. The van der Waals surface area contributed by atoms with Gasteiger partial charge in [-0.3, -0.25) is 9.69 Å². The summed E-state index contributed by atoms with van der Waals surface area (Å²) in [5.74, 6) is -0.688. The molecule has 1 heterocycles. The van der Waals surface area contributed by atoms with Crippen molar-refractivity contribution in [3.8, 4) is 0 Å². The normalized spacial score (nSPS) is 20.4. The van der Waals surface area contributed by atoms with Gasteiger partial charge in [0.1, 0.15) is 5.70 Å². The molecule has 2 aliphatic rings. The highest BCUT2D eigenvalue weighted by atomic mass is 16.5. The zero-order valence-corrected chi connectivity index (χ0v) is 13.6. The van der Waals surface area contributed by atoms with Gasteiger partial charge in [0.2, 0.25) is 0 Å². The van der Waals surface area contributed by atoms with Gasteiger partial charge in [0.15, 0.2) is 0 Å². The Morgan fingerprint density at radius 1 is 1.17 bits per heavy atom. The lowest BCUT2D eigenvalue weighted by Gasteiger charge is -2.28. The number of hydrogen-bond acceptors (Lipinski definition) is 4. The van der Waals surface area contributed by atoms with Gasteiger partial charge in [-0.1, -0.05) is 31.4 Å². The van der Waals surface area contributed by atoms with Crippen molar-refractivity contribution in [2.45, 2.75) is 38.1 Å². The number of nitrogens with zero attached hydrogens (tertiary/aromatic N) is 1. The lowest BCUT2D eigenvalue weighted by atomic mass is 9.94. The molecule has 1 aliphatic carbocycles. The molecule has 1 aromatic carbocycles. The maximum absolute atomic E-state index is 12.5. The van der Waals surface area contributed by atoms with E-state index in [0.29, 0.717) is 5.56 Å². The van der Waals surface area contributed by atoms with Crippen LogP contribution in [0.1, 0.15) is 48.0 Å². The second-order valence-electron chi connectivity index (χ2n) is 6.07. The molecule has 6 heteroatoms. The molecule has 1 N–H and O–H groups in total. The molecule has 1 aromatic rings. The van der Waals surface area contributed by atoms with Gasteiger partial charge in [0, 0.05) is 6.04 Å². The molecule has 2 fully saturated rings. The highest BCUT2D eigenvalue weighted by Crippen LogP contribution is 2.26. The fraction of sp³-hybridized carbons (Fsp3) is 0.389. The van der Waals surface area contributed by atoms with Crippen molar-refractivity contribution in [2.75, 3.05) is 7.11 Å². The Bertz CT molecular complexity index is 687. The van der Waals surface area contributed by atoms with E-state index in [4.69, 9.17) is 0 Å². The third kappa shape index (κ3) is 3.18. The number of benzene rings is 1. The summed E-state index contributed by atoms with van der Waals surface area (Å²) in [6.07, 6.45) is 6.64. The summed E-state index contributed by atoms with van der Waals surface area (Å²) >= 11 is 0. The second kappa shape index (κ2) is 6.86. The van der Waals surface area contributed by atoms with E-state index in [1.54, 1.807) is 30.3 Å². The number of methoxy groups -OCH3 is 1. The number of amides is 3. The van der Waals surface area contributed by atoms with Crippen molar-refractivity contribution in [3.05, 3.63) is 41.1 Å². The van der Waals surface area contributed by atoms with E-state index in [9.17, 15) is 14.4 Å². The molecular formula is C18H20N2O4. The Hall–Kier alpha value is -2.63. The van der Waals surface area contributed by atoms with Crippen LogP contribution in [0, 0.1) is 0 Å². The van der Waals surface area contributed by atoms with Gasteiger partial charge < -0.3 is 10.1 Å². The number of esters is 1. The molecule has 0 atom stereocenters. The van der Waals surface area contributed by atoms with Gasteiger partial charge >= 0.3 is 12.0 Å². The lowest BCUT2D eigenvalue weighted by Crippen LogP contribution is -2.41. The molecule has 6 nitrogen and oxygen atoms in total. The SMILES string of the molecule is COC(=O)c1ccc(/C=C2\NC(=O)N(C3CCCCC3)C2=O)cc1. The first-order valence-corrected chi connectivity index (χ1v) is 8.15. The maximum atomic E-state index is 12.5. The van der Waals surface area contributed by atoms with Crippen LogP contribution in [-0.2, 0) is 9.53 Å². The summed E-state index contributed by atoms with van der Waals surface area (Å²) in [5, 5.41) is 2.65. The van der Waals surface area contributed by atoms with Gasteiger partial charge in [-0.15, -0.1) is 0 Å². The Labute approximate surface area is 140 Å². The molecule has 0 spiro atoms. The molecule has 0 unspecified atom stereocenters. The molecule has 126 valence electrons. The molecule has 1 aliphatic heterocycles. The van der Waals surface area contributed by atoms with E-state index < -0.39 is 5.97 Å². The minimum atomic E-state index is -0.414. The quantitative estimate of drug-likeness (QED) is 0.526. The van der Waals surface area contributed by atoms with Gasteiger partial charge in [-0.05, 0) is 36.6 Å². The molecule has 3 rings (SSSR count). The first-order chi connectivity index (χ1) is 11.6. The summed E-state index contributed by atoms with van der Waals surface area (Å²) in [4.78, 5) is 37.5. The highest BCUT2D eigenvalue weighted by Gasteiger charge is 2.38. The molecule has 0 radical (unpaired) electrons. The first kappa shape index (κ1) is 16.2. The third-order valence-electron chi connectivity index (χ3n) is 4.49. The van der Waals surface area contributed by atoms with E-state index in [2.05, 4.69) is 10.1 Å². The second-order valence-corrected chi connectivity index (χ2v) is 6.07. The topological polar surface area (TPSA) is 75.7 Å². The Morgan fingerprint density at radius 2 is 1.83 bits per heavy atom. The summed E-state index contributed by atoms with van der Waals surface area (Å²) < 4.78 is 4.65. The fourth-order valence-corrected chi connectivity index (χ4v) is 3.22. The van der Waals surface area contributed by atoms with Crippen LogP contribution in [0.4, 0.5) is 4.79 Å². The van der Waals surface area contributed by atoms with Crippen LogP contribution in [0.5, 0.6) is 0 Å². The van der Waals surface area contributed by atoms with E-state index >= 15 is 0 Å². The van der Waals surface area contributed by atoms with Crippen LogP contribution < -0.4 is 5.32 Å². The first-order valence-electron chi connectivity index (χ1n) is 8.15. The number of hydrogen-bond donors (Lipinski definition) is 1. The van der Waals surface area contributed by atoms with Gasteiger partial charge in [-0.25, -0.2) is 9.59 Å². The number of imide groups is 1. The number of carbonyl (C=O) groups is 3. The lowest BCUT2D eigenvalue weighted by molar-refractivity contribution is -0.124. The van der Waals surface area contributed by atoms with Crippen molar-refractivity contribution >= 4 is 24.0 Å². The van der Waals surface area contributed by atoms with Crippen LogP contribution >= 0.6 is 0 Å². The smallest absolute Gasteiger partial charge is 0.337 e. The minimum absolute atomic E-state index is 0.00106. The molecule has 0 bridgehead atoms. The third-order valence-corrected chi connectivity index (χ3v) is 4.49. The predicted molar refractivity (Wildman–Crippen MR) is 88.0 cm³/mol. The summed E-state index contributed by atoms with van der Waals surface area (Å²) in [6, 6.07) is 6.32. The van der Waals surface area contributed by atoms with E-state index in [1.807, 2.05) is 0 Å². The summed E-state index contributed by atoms with van der Waals surface area (Å²) in [7, 11) is 1.32. The molecule has 24 heavy (non-hydrogen) atoms. The van der Waals surface area contributed by atoms with Crippen LogP contribution in [0.2, 0.25) is 0 Å². The predicted octanol–water partition coefficient (Wildman–Crippen LogP) is 2.70. The van der Waals surface area contributed by atoms with E-state index in [1.165, 1.54) is 12.0 Å². The highest BCUT2D eigenvalue weighted by molar-refractivity contribution is 6.14. The monoisotopic (exact) mass is 328 g/mol. The van der Waals surface area contributed by atoms with Crippen LogP contribution in [0.3, 0.4) is 0 Å². The van der Waals surface area contributed by atoms with Crippen molar-refractivity contribution in [1.29, 1.82) is 0 Å². The summed E-state index contributed by atoms with van der Waals surface area (Å²) in [5.41, 5.74) is 1.44. The maximum Gasteiger partial charge on any atom is 0.337 e. The number of urea groups is 1. The number of ether oxygens (including phenoxy) is 1. The molecule has 0 aromatic heterocycles. The number of nitrogens with one attached hydrogen (secondary N) is 1. The van der Waals surface area contributed by atoms with E-state index in [0.717, 1.165) is 37.7 Å². The molecular weight excluding hydrogens is 308 g/mol. The van der Waals surface area contributed by atoms with Gasteiger partial charge in [-0.2, -0.15) is 0 Å². The van der Waals surface area contributed by atoms with Crippen molar-refractivity contribution in [3.63, 3.8) is 0 Å². The van der Waals surface area contributed by atoms with Gasteiger partial charge in [0.25, 0.3) is 5.91 Å². The zero-order chi connectivity index (χ0) is 17.1. The van der Waals surface area contributed by atoms with Gasteiger partial charge in [0.05, 0.1) is 12.7 Å². The molecule has 3 amide bonds. The average Bonchev–Trinajstić information content (AvgIpc) is 2.89.